The molecule has 1 atom stereocenters. The Bertz CT molecular complexity index is 449. The fourth-order valence-corrected chi connectivity index (χ4v) is 3.23. The molecule has 0 aromatic carbocycles. The number of morpholine rings is 1. The third-order valence-electron chi connectivity index (χ3n) is 3.43. The Kier molecular flexibility index (Phi) is 5.54. The fourth-order valence-electron chi connectivity index (χ4n) is 2.38. The molecule has 112 valence electrons. The molecule has 2 heterocycles. The van der Waals surface area contributed by atoms with Crippen LogP contribution < -0.4 is 0 Å². The fraction of sp³-hybridized carbons (Fsp3) is 0.643. The standard InChI is InChI=1S/C14H22N2O3S/c1-11-7-13(20-10-11)14(18)16-4-6-19-9-12(16)8-15(2)3-5-17/h7,10,12,17H,3-6,8-9H2,1-2H3/t12-/m0/s1. The summed E-state index contributed by atoms with van der Waals surface area (Å²) >= 11 is 1.50. The minimum absolute atomic E-state index is 0.0511. The number of hydrogen-bond donors (Lipinski definition) is 1. The Morgan fingerprint density at radius 2 is 2.45 bits per heavy atom. The molecule has 0 bridgehead atoms. The summed E-state index contributed by atoms with van der Waals surface area (Å²) in [5.74, 6) is 0.0915. The van der Waals surface area contributed by atoms with Crippen molar-refractivity contribution in [2.24, 2.45) is 0 Å². The molecular weight excluding hydrogens is 276 g/mol. The van der Waals surface area contributed by atoms with Gasteiger partial charge in [-0.3, -0.25) is 4.79 Å². The number of carbonyl (C=O) groups is 1. The summed E-state index contributed by atoms with van der Waals surface area (Å²) in [4.78, 5) is 17.3. The molecule has 1 saturated heterocycles. The number of aryl methyl sites for hydroxylation is 1. The van der Waals surface area contributed by atoms with Crippen molar-refractivity contribution >= 4 is 17.2 Å². The van der Waals surface area contributed by atoms with Crippen LogP contribution in [-0.2, 0) is 4.74 Å². The summed E-state index contributed by atoms with van der Waals surface area (Å²) in [5.41, 5.74) is 1.13. The normalized spacial score (nSPS) is 19.6. The van der Waals surface area contributed by atoms with Gasteiger partial charge in [-0.25, -0.2) is 0 Å². The van der Waals surface area contributed by atoms with Gasteiger partial charge in [-0.05, 0) is 31.0 Å². The van der Waals surface area contributed by atoms with E-state index < -0.39 is 0 Å². The van der Waals surface area contributed by atoms with Crippen LogP contribution in [0.25, 0.3) is 0 Å². The summed E-state index contributed by atoms with van der Waals surface area (Å²) in [6.45, 7) is 5.24. The van der Waals surface area contributed by atoms with Crippen molar-refractivity contribution in [3.63, 3.8) is 0 Å². The number of amides is 1. The SMILES string of the molecule is Cc1csc(C(=O)N2CCOC[C@@H]2CN(C)CCO)c1. The molecule has 6 heteroatoms. The van der Waals surface area contributed by atoms with Crippen molar-refractivity contribution in [3.05, 3.63) is 21.9 Å². The molecule has 1 fully saturated rings. The van der Waals surface area contributed by atoms with E-state index in [2.05, 4.69) is 0 Å². The smallest absolute Gasteiger partial charge is 0.264 e. The summed E-state index contributed by atoms with van der Waals surface area (Å²) in [6, 6.07) is 1.99. The topological polar surface area (TPSA) is 53.0 Å². The first-order valence-electron chi connectivity index (χ1n) is 6.85. The molecule has 0 radical (unpaired) electrons. The number of hydrogen-bond acceptors (Lipinski definition) is 5. The maximum atomic E-state index is 12.6. The number of ether oxygens (including phenoxy) is 1. The maximum Gasteiger partial charge on any atom is 0.264 e. The number of rotatable bonds is 5. The first-order valence-corrected chi connectivity index (χ1v) is 7.73. The maximum absolute atomic E-state index is 12.6. The van der Waals surface area contributed by atoms with Gasteiger partial charge in [0.1, 0.15) is 0 Å². The largest absolute Gasteiger partial charge is 0.395 e. The van der Waals surface area contributed by atoms with Crippen LogP contribution in [-0.4, -0.2) is 73.4 Å². The van der Waals surface area contributed by atoms with Gasteiger partial charge in [-0.2, -0.15) is 0 Å². The Hall–Kier alpha value is -0.950. The third-order valence-corrected chi connectivity index (χ3v) is 4.47. The van der Waals surface area contributed by atoms with E-state index in [9.17, 15) is 4.79 Å². The molecule has 1 N–H and O–H groups in total. The van der Waals surface area contributed by atoms with Crippen LogP contribution in [0.15, 0.2) is 11.4 Å². The minimum Gasteiger partial charge on any atom is -0.395 e. The van der Waals surface area contributed by atoms with Crippen LogP contribution in [0.3, 0.4) is 0 Å². The molecule has 0 aliphatic carbocycles. The van der Waals surface area contributed by atoms with Gasteiger partial charge in [0.15, 0.2) is 0 Å². The van der Waals surface area contributed by atoms with Gasteiger partial charge in [0.25, 0.3) is 5.91 Å². The number of aliphatic hydroxyl groups is 1. The Balaban J connectivity index is 2.04. The first kappa shape index (κ1) is 15.4. The average molecular weight is 298 g/mol. The van der Waals surface area contributed by atoms with Gasteiger partial charge in [0, 0.05) is 19.6 Å². The lowest BCUT2D eigenvalue weighted by Crippen LogP contribution is -2.53. The second-order valence-electron chi connectivity index (χ2n) is 5.20. The zero-order valence-corrected chi connectivity index (χ0v) is 12.9. The van der Waals surface area contributed by atoms with Crippen LogP contribution in [0.2, 0.25) is 0 Å². The number of aliphatic hydroxyl groups excluding tert-OH is 1. The molecule has 0 spiro atoms. The van der Waals surface area contributed by atoms with Crippen molar-refractivity contribution in [1.82, 2.24) is 9.80 Å². The van der Waals surface area contributed by atoms with Gasteiger partial charge in [-0.1, -0.05) is 0 Å². The number of likely N-dealkylation sites (N-methyl/N-ethyl adjacent to an activating group) is 1. The Morgan fingerprint density at radius 3 is 3.10 bits per heavy atom. The van der Waals surface area contributed by atoms with E-state index in [4.69, 9.17) is 9.84 Å². The average Bonchev–Trinajstić information content (AvgIpc) is 2.85. The molecule has 2 rings (SSSR count). The van der Waals surface area contributed by atoms with Crippen LogP contribution in [0.1, 0.15) is 15.2 Å². The zero-order chi connectivity index (χ0) is 14.5. The molecule has 1 aliphatic rings. The summed E-state index contributed by atoms with van der Waals surface area (Å²) in [5, 5.41) is 11.0. The van der Waals surface area contributed by atoms with E-state index in [1.165, 1.54) is 11.3 Å². The first-order chi connectivity index (χ1) is 9.61. The molecular formula is C14H22N2O3S. The highest BCUT2D eigenvalue weighted by atomic mass is 32.1. The minimum atomic E-state index is 0.0511. The lowest BCUT2D eigenvalue weighted by atomic mass is 10.2. The van der Waals surface area contributed by atoms with Crippen molar-refractivity contribution in [2.45, 2.75) is 13.0 Å². The van der Waals surface area contributed by atoms with E-state index in [-0.39, 0.29) is 18.6 Å². The van der Waals surface area contributed by atoms with E-state index in [1.807, 2.05) is 35.2 Å². The lowest BCUT2D eigenvalue weighted by molar-refractivity contribution is -0.0107. The van der Waals surface area contributed by atoms with Crippen molar-refractivity contribution in [1.29, 1.82) is 0 Å². The molecule has 1 aromatic heterocycles. The summed E-state index contributed by atoms with van der Waals surface area (Å²) < 4.78 is 5.50. The van der Waals surface area contributed by atoms with Gasteiger partial charge >= 0.3 is 0 Å². The highest BCUT2D eigenvalue weighted by Gasteiger charge is 2.29. The van der Waals surface area contributed by atoms with Crippen LogP contribution in [0, 0.1) is 6.92 Å². The summed E-state index contributed by atoms with van der Waals surface area (Å²) in [7, 11) is 1.95. The number of nitrogens with zero attached hydrogens (tertiary/aromatic N) is 2. The zero-order valence-electron chi connectivity index (χ0n) is 12.0. The molecule has 1 amide bonds. The number of carbonyl (C=O) groups excluding carboxylic acids is 1. The molecule has 0 saturated carbocycles. The monoisotopic (exact) mass is 298 g/mol. The molecule has 0 unspecified atom stereocenters. The van der Waals surface area contributed by atoms with Crippen LogP contribution in [0.5, 0.6) is 0 Å². The molecule has 1 aliphatic heterocycles. The second-order valence-corrected chi connectivity index (χ2v) is 6.11. The molecule has 1 aromatic rings. The molecule has 5 nitrogen and oxygen atoms in total. The van der Waals surface area contributed by atoms with E-state index in [0.717, 1.165) is 17.0 Å². The third kappa shape index (κ3) is 3.79. The predicted octanol–water partition coefficient (Wildman–Crippen LogP) is 0.822. The van der Waals surface area contributed by atoms with Gasteiger partial charge in [0.2, 0.25) is 0 Å². The van der Waals surface area contributed by atoms with Gasteiger partial charge in [-0.15, -0.1) is 11.3 Å². The van der Waals surface area contributed by atoms with Gasteiger partial charge in [0.05, 0.1) is 30.7 Å². The summed E-state index contributed by atoms with van der Waals surface area (Å²) in [6.07, 6.45) is 0. The van der Waals surface area contributed by atoms with E-state index in [1.54, 1.807) is 0 Å². The Morgan fingerprint density at radius 1 is 1.65 bits per heavy atom. The van der Waals surface area contributed by atoms with Crippen LogP contribution in [0.4, 0.5) is 0 Å². The quantitative estimate of drug-likeness (QED) is 0.874. The molecule has 20 heavy (non-hydrogen) atoms. The highest BCUT2D eigenvalue weighted by Crippen LogP contribution is 2.19. The van der Waals surface area contributed by atoms with Crippen molar-refractivity contribution in [2.75, 3.05) is 46.5 Å². The van der Waals surface area contributed by atoms with Crippen LogP contribution >= 0.6 is 11.3 Å². The highest BCUT2D eigenvalue weighted by molar-refractivity contribution is 7.12. The second kappa shape index (κ2) is 7.17. The van der Waals surface area contributed by atoms with Crippen molar-refractivity contribution < 1.29 is 14.6 Å². The van der Waals surface area contributed by atoms with E-state index >= 15 is 0 Å². The Labute approximate surface area is 123 Å². The van der Waals surface area contributed by atoms with E-state index in [0.29, 0.717) is 26.3 Å². The van der Waals surface area contributed by atoms with Gasteiger partial charge < -0.3 is 19.6 Å². The lowest BCUT2D eigenvalue weighted by Gasteiger charge is -2.37. The van der Waals surface area contributed by atoms with Crippen molar-refractivity contribution in [3.8, 4) is 0 Å². The number of thiophene rings is 1. The predicted molar refractivity (Wildman–Crippen MR) is 79.3 cm³/mol.